The Bertz CT molecular complexity index is 1500. The number of hydrogen-bond acceptors (Lipinski definition) is 8. The van der Waals surface area contributed by atoms with E-state index in [1.165, 1.54) is 18.3 Å². The van der Waals surface area contributed by atoms with Crippen molar-refractivity contribution < 1.29 is 28.7 Å². The molecule has 0 radical (unpaired) electrons. The van der Waals surface area contributed by atoms with E-state index in [0.717, 1.165) is 23.1 Å². The number of carbonyl (C=O) groups is 4. The molecule has 10 heteroatoms. The third kappa shape index (κ3) is 6.99. The maximum atomic E-state index is 12.3. The first kappa shape index (κ1) is 29.5. The van der Waals surface area contributed by atoms with Gasteiger partial charge in [0.2, 0.25) is 12.3 Å². The molecule has 1 aromatic heterocycles. The number of nitrogens with zero attached hydrogens (tertiary/aromatic N) is 2. The Morgan fingerprint density at radius 2 is 1.85 bits per heavy atom. The zero-order valence-corrected chi connectivity index (χ0v) is 24.0. The first-order valence-electron chi connectivity index (χ1n) is 13.2. The second-order valence-electron chi connectivity index (χ2n) is 10.1. The normalized spacial score (nSPS) is 15.0. The van der Waals surface area contributed by atoms with Gasteiger partial charge in [-0.2, -0.15) is 5.26 Å². The number of nitrogens with one attached hydrogen (secondary N) is 1. The van der Waals surface area contributed by atoms with E-state index < -0.39 is 5.60 Å². The van der Waals surface area contributed by atoms with Crippen LogP contribution in [-0.2, 0) is 20.9 Å². The number of rotatable bonds is 5. The standard InChI is InChI=1S/C16H17NO3S.C15H14N2O3/c1-10-11(2)15(17-12(3)18)21-14(10)16(19)20-9-13-7-5-4-6-8-13;16-9-11-1-2-14-12(7-11)13(19)8-15(20-14)3-5-17(10-18)6-4-15/h4-8H,9H2,1-3H3,(H,17,18);1-2,7,10H,3-6,8H2. The number of benzene rings is 2. The molecule has 3 heterocycles. The third-order valence-corrected chi connectivity index (χ3v) is 8.50. The molecule has 0 atom stereocenters. The summed E-state index contributed by atoms with van der Waals surface area (Å²) in [5.74, 6) is 0.0623. The molecule has 1 spiro atoms. The van der Waals surface area contributed by atoms with E-state index in [2.05, 4.69) is 5.32 Å². The van der Waals surface area contributed by atoms with E-state index in [4.69, 9.17) is 14.7 Å². The smallest absolute Gasteiger partial charge is 0.348 e. The number of hydrogen-bond donors (Lipinski definition) is 1. The Labute approximate surface area is 242 Å². The Balaban J connectivity index is 0.000000189. The van der Waals surface area contributed by atoms with Crippen LogP contribution >= 0.6 is 11.3 Å². The fourth-order valence-electron chi connectivity index (χ4n) is 4.74. The summed E-state index contributed by atoms with van der Waals surface area (Å²) in [5.41, 5.74) is 3.17. The number of ether oxygens (including phenoxy) is 2. The van der Waals surface area contributed by atoms with Gasteiger partial charge in [0.25, 0.3) is 0 Å². The van der Waals surface area contributed by atoms with Crippen molar-refractivity contribution in [1.82, 2.24) is 4.90 Å². The van der Waals surface area contributed by atoms with E-state index >= 15 is 0 Å². The zero-order valence-electron chi connectivity index (χ0n) is 23.2. The molecule has 1 saturated heterocycles. The Hall–Kier alpha value is -4.49. The topological polar surface area (TPSA) is 126 Å². The lowest BCUT2D eigenvalue weighted by molar-refractivity contribution is -0.121. The van der Waals surface area contributed by atoms with Crippen LogP contribution in [0, 0.1) is 25.2 Å². The quantitative estimate of drug-likeness (QED) is 0.329. The Kier molecular flexibility index (Phi) is 9.20. The van der Waals surface area contributed by atoms with Crippen molar-refractivity contribution in [2.24, 2.45) is 0 Å². The summed E-state index contributed by atoms with van der Waals surface area (Å²) in [6.07, 6.45) is 2.49. The monoisotopic (exact) mass is 573 g/mol. The fraction of sp³-hybridized carbons (Fsp3) is 0.323. The van der Waals surface area contributed by atoms with Gasteiger partial charge in [-0.3, -0.25) is 14.4 Å². The molecule has 9 nitrogen and oxygen atoms in total. The molecule has 0 unspecified atom stereocenters. The van der Waals surface area contributed by atoms with Gasteiger partial charge in [-0.05, 0) is 48.7 Å². The van der Waals surface area contributed by atoms with Crippen LogP contribution in [0.3, 0.4) is 0 Å². The highest BCUT2D eigenvalue weighted by atomic mass is 32.1. The lowest BCUT2D eigenvalue weighted by atomic mass is 9.82. The van der Waals surface area contributed by atoms with Crippen LogP contribution in [0.25, 0.3) is 0 Å². The number of fused-ring (bicyclic) bond motifs is 1. The molecule has 212 valence electrons. The van der Waals surface area contributed by atoms with Gasteiger partial charge in [-0.25, -0.2) is 4.79 Å². The fourth-order valence-corrected chi connectivity index (χ4v) is 5.89. The number of Topliss-reactive ketones (excluding diaryl/α,β-unsaturated/α-hetero) is 1. The lowest BCUT2D eigenvalue weighted by Gasteiger charge is -2.43. The van der Waals surface area contributed by atoms with Crippen molar-refractivity contribution in [3.63, 3.8) is 0 Å². The maximum absolute atomic E-state index is 12.3. The molecule has 41 heavy (non-hydrogen) atoms. The van der Waals surface area contributed by atoms with Gasteiger partial charge in [0, 0.05) is 32.9 Å². The second-order valence-corrected chi connectivity index (χ2v) is 11.1. The molecule has 5 rings (SSSR count). The molecule has 0 bridgehead atoms. The predicted molar refractivity (Wildman–Crippen MR) is 154 cm³/mol. The van der Waals surface area contributed by atoms with E-state index in [-0.39, 0.29) is 24.3 Å². The van der Waals surface area contributed by atoms with E-state index in [1.54, 1.807) is 23.1 Å². The number of anilines is 1. The molecule has 2 aromatic carbocycles. The van der Waals surface area contributed by atoms with Crippen LogP contribution in [0.4, 0.5) is 5.00 Å². The Morgan fingerprint density at radius 3 is 2.49 bits per heavy atom. The van der Waals surface area contributed by atoms with E-state index in [1.807, 2.05) is 50.2 Å². The maximum Gasteiger partial charge on any atom is 0.348 e. The van der Waals surface area contributed by atoms with Crippen LogP contribution in [0.2, 0.25) is 0 Å². The molecule has 3 aromatic rings. The third-order valence-electron chi connectivity index (χ3n) is 7.21. The summed E-state index contributed by atoms with van der Waals surface area (Å²) in [4.78, 5) is 48.6. The summed E-state index contributed by atoms with van der Waals surface area (Å²) < 4.78 is 11.4. The summed E-state index contributed by atoms with van der Waals surface area (Å²) in [7, 11) is 0. The van der Waals surface area contributed by atoms with Crippen molar-refractivity contribution in [2.45, 2.75) is 52.2 Å². The highest BCUT2D eigenvalue weighted by Crippen LogP contribution is 2.39. The van der Waals surface area contributed by atoms with Crippen LogP contribution in [0.15, 0.2) is 48.5 Å². The van der Waals surface area contributed by atoms with E-state index in [9.17, 15) is 19.2 Å². The minimum Gasteiger partial charge on any atom is -0.486 e. The minimum absolute atomic E-state index is 0.0166. The SMILES string of the molecule is CC(=O)Nc1sc(C(=O)OCc2ccccc2)c(C)c1C.N#Cc1ccc2c(c1)C(=O)CC1(CCN(C=O)CC1)O2. The molecule has 1 N–H and O–H groups in total. The number of likely N-dealkylation sites (tertiary alicyclic amines) is 1. The van der Waals surface area contributed by atoms with Crippen LogP contribution in [0.5, 0.6) is 5.75 Å². The van der Waals surface area contributed by atoms with Gasteiger partial charge in [0.05, 0.1) is 28.6 Å². The van der Waals surface area contributed by atoms with Crippen molar-refractivity contribution >= 4 is 40.4 Å². The molecule has 0 saturated carbocycles. The summed E-state index contributed by atoms with van der Waals surface area (Å²) in [6, 6.07) is 16.5. The lowest BCUT2D eigenvalue weighted by Crippen LogP contribution is -2.50. The molecule has 2 aliphatic rings. The van der Waals surface area contributed by atoms with Crippen molar-refractivity contribution in [3.05, 3.63) is 81.2 Å². The summed E-state index contributed by atoms with van der Waals surface area (Å²) >= 11 is 1.25. The number of thiophene rings is 1. The largest absolute Gasteiger partial charge is 0.486 e. The van der Waals surface area contributed by atoms with Gasteiger partial charge in [-0.1, -0.05) is 30.3 Å². The average Bonchev–Trinajstić information content (AvgIpc) is 3.25. The van der Waals surface area contributed by atoms with Crippen molar-refractivity contribution in [1.29, 1.82) is 5.26 Å². The number of ketones is 1. The van der Waals surface area contributed by atoms with Gasteiger partial charge in [0.1, 0.15) is 22.8 Å². The van der Waals surface area contributed by atoms with E-state index in [0.29, 0.717) is 59.1 Å². The molecule has 1 fully saturated rings. The summed E-state index contributed by atoms with van der Waals surface area (Å²) in [5, 5.41) is 12.3. The van der Waals surface area contributed by atoms with Crippen molar-refractivity contribution in [2.75, 3.05) is 18.4 Å². The van der Waals surface area contributed by atoms with Crippen LogP contribution in [0.1, 0.15) is 68.5 Å². The van der Waals surface area contributed by atoms with Gasteiger partial charge < -0.3 is 19.7 Å². The number of carbonyl (C=O) groups excluding carboxylic acids is 4. The van der Waals surface area contributed by atoms with Gasteiger partial charge >= 0.3 is 5.97 Å². The molecule has 0 aliphatic carbocycles. The highest BCUT2D eigenvalue weighted by molar-refractivity contribution is 7.18. The van der Waals surface area contributed by atoms with Gasteiger partial charge in [0.15, 0.2) is 5.78 Å². The highest BCUT2D eigenvalue weighted by Gasteiger charge is 2.42. The van der Waals surface area contributed by atoms with Crippen LogP contribution < -0.4 is 10.1 Å². The molecule has 2 amide bonds. The minimum atomic E-state index is -0.488. The first-order valence-corrected chi connectivity index (χ1v) is 14.0. The molecular weight excluding hydrogens is 542 g/mol. The van der Waals surface area contributed by atoms with Crippen molar-refractivity contribution in [3.8, 4) is 11.8 Å². The number of nitriles is 1. The Morgan fingerprint density at radius 1 is 1.15 bits per heavy atom. The number of piperidine rings is 1. The number of amides is 2. The average molecular weight is 574 g/mol. The van der Waals surface area contributed by atoms with Gasteiger partial charge in [-0.15, -0.1) is 11.3 Å². The molecule has 2 aliphatic heterocycles. The predicted octanol–water partition coefficient (Wildman–Crippen LogP) is 5.19. The zero-order chi connectivity index (χ0) is 29.6. The first-order chi connectivity index (χ1) is 19.6. The molecular formula is C31H31N3O6S. The summed E-state index contributed by atoms with van der Waals surface area (Å²) in [6.45, 7) is 6.65. The second kappa shape index (κ2) is 12.8. The number of esters is 1. The van der Waals surface area contributed by atoms with Crippen LogP contribution in [-0.4, -0.2) is 47.7 Å².